The zero-order chi connectivity index (χ0) is 16.3. The lowest BCUT2D eigenvalue weighted by Crippen LogP contribution is -2.04. The smallest absolute Gasteiger partial charge is 0.416 e. The highest BCUT2D eigenvalue weighted by atomic mass is 79.9. The highest BCUT2D eigenvalue weighted by molar-refractivity contribution is 9.10. The second-order valence-electron chi connectivity index (χ2n) is 4.72. The van der Waals surface area contributed by atoms with E-state index in [1.807, 2.05) is 0 Å². The van der Waals surface area contributed by atoms with E-state index in [9.17, 15) is 18.0 Å². The predicted molar refractivity (Wildman–Crippen MR) is 79.3 cm³/mol. The van der Waals surface area contributed by atoms with Gasteiger partial charge in [-0.2, -0.15) is 13.2 Å². The van der Waals surface area contributed by atoms with E-state index in [-0.39, 0.29) is 12.4 Å². The van der Waals surface area contributed by atoms with E-state index in [1.54, 1.807) is 18.3 Å². The van der Waals surface area contributed by atoms with Crippen molar-refractivity contribution in [1.29, 1.82) is 0 Å². The van der Waals surface area contributed by atoms with Crippen molar-refractivity contribution in [1.82, 2.24) is 4.98 Å². The molecule has 118 valence electrons. The van der Waals surface area contributed by atoms with Gasteiger partial charge in [0, 0.05) is 16.4 Å². The first kappa shape index (κ1) is 16.6. The van der Waals surface area contributed by atoms with Crippen molar-refractivity contribution in [2.75, 3.05) is 7.11 Å². The number of H-pyrrole nitrogens is 1. The van der Waals surface area contributed by atoms with E-state index in [4.69, 9.17) is 0 Å². The molecule has 1 aromatic carbocycles. The molecule has 7 heteroatoms. The summed E-state index contributed by atoms with van der Waals surface area (Å²) < 4.78 is 43.4. The van der Waals surface area contributed by atoms with Crippen LogP contribution >= 0.6 is 15.9 Å². The molecule has 0 aliphatic rings. The number of benzene rings is 1. The minimum Gasteiger partial charge on any atom is -0.469 e. The number of methoxy groups -OCH3 is 1. The molecule has 1 N–H and O–H groups in total. The number of carbonyl (C=O) groups is 1. The number of hydrogen-bond donors (Lipinski definition) is 1. The molecule has 0 spiro atoms. The Bertz CT molecular complexity index is 680. The zero-order valence-electron chi connectivity index (χ0n) is 11.6. The first-order valence-electron chi connectivity index (χ1n) is 6.42. The topological polar surface area (TPSA) is 42.1 Å². The fraction of sp³-hybridized carbons (Fsp3) is 0.267. The second kappa shape index (κ2) is 6.56. The summed E-state index contributed by atoms with van der Waals surface area (Å²) in [7, 11) is 1.31. The van der Waals surface area contributed by atoms with Crippen molar-refractivity contribution in [3.05, 3.63) is 46.2 Å². The number of aromatic amines is 1. The molecule has 1 aromatic heterocycles. The van der Waals surface area contributed by atoms with Gasteiger partial charge in [-0.1, -0.05) is 15.9 Å². The van der Waals surface area contributed by atoms with Crippen molar-refractivity contribution in [3.8, 4) is 11.1 Å². The van der Waals surface area contributed by atoms with E-state index >= 15 is 0 Å². The van der Waals surface area contributed by atoms with Crippen LogP contribution in [0.3, 0.4) is 0 Å². The van der Waals surface area contributed by atoms with Gasteiger partial charge in [0.25, 0.3) is 0 Å². The number of aryl methyl sites for hydroxylation is 1. The summed E-state index contributed by atoms with van der Waals surface area (Å²) in [6.45, 7) is 0. The fourth-order valence-electron chi connectivity index (χ4n) is 2.01. The van der Waals surface area contributed by atoms with Crippen molar-refractivity contribution in [2.24, 2.45) is 0 Å². The maximum absolute atomic E-state index is 12.8. The third kappa shape index (κ3) is 4.13. The van der Waals surface area contributed by atoms with Crippen LogP contribution in [-0.4, -0.2) is 18.1 Å². The van der Waals surface area contributed by atoms with Crippen LogP contribution in [0.2, 0.25) is 0 Å². The molecule has 0 amide bonds. The highest BCUT2D eigenvalue weighted by Crippen LogP contribution is 2.35. The molecular formula is C15H13BrF3NO2. The minimum atomic E-state index is -4.40. The minimum absolute atomic E-state index is 0.211. The first-order chi connectivity index (χ1) is 10.3. The Hall–Kier alpha value is -1.76. The van der Waals surface area contributed by atoms with Gasteiger partial charge in [-0.05, 0) is 41.8 Å². The molecule has 0 aliphatic carbocycles. The number of rotatable bonds is 4. The van der Waals surface area contributed by atoms with Gasteiger partial charge in [0.15, 0.2) is 0 Å². The number of nitrogens with one attached hydrogen (secondary N) is 1. The Kier molecular flexibility index (Phi) is 4.95. The summed E-state index contributed by atoms with van der Waals surface area (Å²) in [6, 6.07) is 5.47. The summed E-state index contributed by atoms with van der Waals surface area (Å²) in [6.07, 6.45) is -2.13. The molecule has 2 aromatic rings. The van der Waals surface area contributed by atoms with Gasteiger partial charge in [0.05, 0.1) is 19.1 Å². The van der Waals surface area contributed by atoms with Crippen molar-refractivity contribution in [2.45, 2.75) is 19.0 Å². The summed E-state index contributed by atoms with van der Waals surface area (Å²) >= 11 is 3.10. The van der Waals surface area contributed by atoms with E-state index in [0.29, 0.717) is 22.0 Å². The van der Waals surface area contributed by atoms with Gasteiger partial charge in [-0.25, -0.2) is 0 Å². The lowest BCUT2D eigenvalue weighted by Gasteiger charge is -2.09. The van der Waals surface area contributed by atoms with Crippen molar-refractivity contribution in [3.63, 3.8) is 0 Å². The van der Waals surface area contributed by atoms with Crippen LogP contribution in [0.1, 0.15) is 17.7 Å². The summed E-state index contributed by atoms with van der Waals surface area (Å²) in [4.78, 5) is 14.1. The second-order valence-corrected chi connectivity index (χ2v) is 5.63. The number of alkyl halides is 3. The van der Waals surface area contributed by atoms with Crippen LogP contribution < -0.4 is 0 Å². The Morgan fingerprint density at radius 2 is 1.95 bits per heavy atom. The number of ether oxygens (including phenoxy) is 1. The lowest BCUT2D eigenvalue weighted by atomic mass is 10.0. The van der Waals surface area contributed by atoms with Gasteiger partial charge >= 0.3 is 12.1 Å². The molecule has 0 radical (unpaired) electrons. The van der Waals surface area contributed by atoms with Crippen molar-refractivity contribution < 1.29 is 22.7 Å². The number of carbonyl (C=O) groups excluding carboxylic acids is 1. The standard InChI is InChI=1S/C15H13BrF3NO2/c1-22-14(21)3-2-13-6-10(8-20-13)9-4-11(15(17,18)19)7-12(16)5-9/h4-8,20H,2-3H2,1H3. The third-order valence-corrected chi connectivity index (χ3v) is 3.59. The summed E-state index contributed by atoms with van der Waals surface area (Å²) in [5.41, 5.74) is 1.12. The SMILES string of the molecule is COC(=O)CCc1cc(-c2cc(Br)cc(C(F)(F)F)c2)c[nH]1. The Balaban J connectivity index is 2.24. The Morgan fingerprint density at radius 3 is 2.59 bits per heavy atom. The highest BCUT2D eigenvalue weighted by Gasteiger charge is 2.31. The molecule has 0 aliphatic heterocycles. The van der Waals surface area contributed by atoms with Gasteiger partial charge in [0.2, 0.25) is 0 Å². The van der Waals surface area contributed by atoms with E-state index in [2.05, 4.69) is 25.7 Å². The Morgan fingerprint density at radius 1 is 1.23 bits per heavy atom. The molecule has 22 heavy (non-hydrogen) atoms. The van der Waals surface area contributed by atoms with Crippen LogP contribution in [-0.2, 0) is 22.1 Å². The summed E-state index contributed by atoms with van der Waals surface area (Å²) in [5.74, 6) is -0.335. The molecule has 0 atom stereocenters. The number of aromatic nitrogens is 1. The van der Waals surface area contributed by atoms with Gasteiger partial charge < -0.3 is 9.72 Å². The monoisotopic (exact) mass is 375 g/mol. The van der Waals surface area contributed by atoms with Crippen LogP contribution in [0, 0.1) is 0 Å². The third-order valence-electron chi connectivity index (χ3n) is 3.13. The fourth-order valence-corrected chi connectivity index (χ4v) is 2.50. The number of halogens is 4. The molecule has 0 unspecified atom stereocenters. The van der Waals surface area contributed by atoms with E-state index in [0.717, 1.165) is 17.8 Å². The molecular weight excluding hydrogens is 363 g/mol. The van der Waals surface area contributed by atoms with Crippen LogP contribution in [0.25, 0.3) is 11.1 Å². The average molecular weight is 376 g/mol. The van der Waals surface area contributed by atoms with Gasteiger partial charge in [0.1, 0.15) is 0 Å². The first-order valence-corrected chi connectivity index (χ1v) is 7.21. The normalized spacial score (nSPS) is 11.5. The Labute approximate surface area is 133 Å². The quantitative estimate of drug-likeness (QED) is 0.795. The van der Waals surface area contributed by atoms with Gasteiger partial charge in [-0.3, -0.25) is 4.79 Å². The number of esters is 1. The molecule has 1 heterocycles. The molecule has 0 saturated heterocycles. The maximum atomic E-state index is 12.8. The molecule has 0 bridgehead atoms. The van der Waals surface area contributed by atoms with Crippen molar-refractivity contribution >= 4 is 21.9 Å². The van der Waals surface area contributed by atoms with Crippen LogP contribution in [0.4, 0.5) is 13.2 Å². The maximum Gasteiger partial charge on any atom is 0.416 e. The molecule has 0 fully saturated rings. The number of hydrogen-bond acceptors (Lipinski definition) is 2. The predicted octanol–water partition coefficient (Wildman–Crippen LogP) is 4.57. The van der Waals surface area contributed by atoms with E-state index in [1.165, 1.54) is 7.11 Å². The lowest BCUT2D eigenvalue weighted by molar-refractivity contribution is -0.140. The average Bonchev–Trinajstić information content (AvgIpc) is 2.92. The molecule has 0 saturated carbocycles. The van der Waals surface area contributed by atoms with Crippen LogP contribution in [0.15, 0.2) is 34.9 Å². The summed E-state index contributed by atoms with van der Waals surface area (Å²) in [5, 5.41) is 0. The largest absolute Gasteiger partial charge is 0.469 e. The van der Waals surface area contributed by atoms with E-state index < -0.39 is 11.7 Å². The zero-order valence-corrected chi connectivity index (χ0v) is 13.2. The van der Waals surface area contributed by atoms with Crippen LogP contribution in [0.5, 0.6) is 0 Å². The molecule has 2 rings (SSSR count). The molecule has 3 nitrogen and oxygen atoms in total. The van der Waals surface area contributed by atoms with Gasteiger partial charge in [-0.15, -0.1) is 0 Å².